The molecule has 1 aliphatic heterocycles. The number of hydrogen-bond acceptors (Lipinski definition) is 4. The van der Waals surface area contributed by atoms with Crippen molar-refractivity contribution in [2.45, 2.75) is 6.04 Å². The molecule has 0 radical (unpaired) electrons. The fourth-order valence-electron chi connectivity index (χ4n) is 1.28. The lowest BCUT2D eigenvalue weighted by Crippen LogP contribution is -2.39. The fourth-order valence-corrected chi connectivity index (χ4v) is 1.41. The van der Waals surface area contributed by atoms with Crippen LogP contribution < -0.4 is 9.64 Å². The Balaban J connectivity index is 2.44. The molecule has 72 valence electrons. The molecule has 5 heteroatoms. The SMILES string of the molecule is C#CC1COc2cnc(Cl)nc2N1C. The van der Waals surface area contributed by atoms with E-state index in [0.717, 1.165) is 0 Å². The number of nitrogens with zero attached hydrogens (tertiary/aromatic N) is 3. The summed E-state index contributed by atoms with van der Waals surface area (Å²) in [6.07, 6.45) is 6.89. The van der Waals surface area contributed by atoms with E-state index in [4.69, 9.17) is 22.8 Å². The van der Waals surface area contributed by atoms with Gasteiger partial charge in [-0.3, -0.25) is 0 Å². The van der Waals surface area contributed by atoms with Crippen molar-refractivity contribution in [3.63, 3.8) is 0 Å². The van der Waals surface area contributed by atoms with Gasteiger partial charge in [-0.1, -0.05) is 5.92 Å². The lowest BCUT2D eigenvalue weighted by molar-refractivity contribution is 0.286. The molecule has 4 nitrogen and oxygen atoms in total. The minimum Gasteiger partial charge on any atom is -0.485 e. The maximum Gasteiger partial charge on any atom is 0.224 e. The first-order valence-corrected chi connectivity index (χ1v) is 4.44. The lowest BCUT2D eigenvalue weighted by Gasteiger charge is -2.31. The Kier molecular flexibility index (Phi) is 2.18. The van der Waals surface area contributed by atoms with E-state index < -0.39 is 0 Å². The second-order valence-electron chi connectivity index (χ2n) is 2.93. The van der Waals surface area contributed by atoms with E-state index >= 15 is 0 Å². The third-order valence-electron chi connectivity index (χ3n) is 2.10. The third-order valence-corrected chi connectivity index (χ3v) is 2.28. The maximum absolute atomic E-state index is 5.68. The second kappa shape index (κ2) is 3.35. The molecule has 0 saturated carbocycles. The fraction of sp³-hybridized carbons (Fsp3) is 0.333. The van der Waals surface area contributed by atoms with Crippen LogP contribution in [0, 0.1) is 12.3 Å². The molecule has 1 aromatic rings. The number of ether oxygens (including phenoxy) is 1. The van der Waals surface area contributed by atoms with Gasteiger partial charge in [-0.05, 0) is 11.6 Å². The quantitative estimate of drug-likeness (QED) is 0.471. The molecular formula is C9H8ClN3O. The van der Waals surface area contributed by atoms with Crippen LogP contribution in [0.4, 0.5) is 5.82 Å². The molecule has 14 heavy (non-hydrogen) atoms. The van der Waals surface area contributed by atoms with Gasteiger partial charge in [0.1, 0.15) is 12.6 Å². The predicted octanol–water partition coefficient (Wildman–Crippen LogP) is 0.960. The van der Waals surface area contributed by atoms with E-state index in [1.165, 1.54) is 0 Å². The zero-order chi connectivity index (χ0) is 10.1. The van der Waals surface area contributed by atoms with Crippen molar-refractivity contribution in [1.82, 2.24) is 9.97 Å². The lowest BCUT2D eigenvalue weighted by atomic mass is 10.2. The maximum atomic E-state index is 5.68. The molecular weight excluding hydrogens is 202 g/mol. The number of terminal acetylenes is 1. The first-order chi connectivity index (χ1) is 6.72. The van der Waals surface area contributed by atoms with Crippen molar-refractivity contribution >= 4 is 17.4 Å². The Morgan fingerprint density at radius 1 is 1.79 bits per heavy atom. The number of aromatic nitrogens is 2. The largest absolute Gasteiger partial charge is 0.485 e. The van der Waals surface area contributed by atoms with Gasteiger partial charge in [0.05, 0.1) is 6.20 Å². The summed E-state index contributed by atoms with van der Waals surface area (Å²) in [7, 11) is 1.86. The first kappa shape index (κ1) is 9.10. The summed E-state index contributed by atoms with van der Waals surface area (Å²) in [6.45, 7) is 0.449. The monoisotopic (exact) mass is 209 g/mol. The first-order valence-electron chi connectivity index (χ1n) is 4.06. The summed E-state index contributed by atoms with van der Waals surface area (Å²) < 4.78 is 5.38. The predicted molar refractivity (Wildman–Crippen MR) is 53.6 cm³/mol. The highest BCUT2D eigenvalue weighted by Gasteiger charge is 2.24. The van der Waals surface area contributed by atoms with Gasteiger partial charge in [0, 0.05) is 7.05 Å². The van der Waals surface area contributed by atoms with Crippen LogP contribution in [-0.4, -0.2) is 29.7 Å². The Bertz CT molecular complexity index is 402. The van der Waals surface area contributed by atoms with Crippen LogP contribution in [0.2, 0.25) is 5.28 Å². The van der Waals surface area contributed by atoms with Gasteiger partial charge in [-0.2, -0.15) is 4.98 Å². The molecule has 2 heterocycles. The minimum absolute atomic E-state index is 0.103. The van der Waals surface area contributed by atoms with Gasteiger partial charge >= 0.3 is 0 Å². The van der Waals surface area contributed by atoms with Gasteiger partial charge in [-0.15, -0.1) is 6.42 Å². The molecule has 1 atom stereocenters. The van der Waals surface area contributed by atoms with Gasteiger partial charge in [0.15, 0.2) is 11.6 Å². The van der Waals surface area contributed by atoms with Gasteiger partial charge in [-0.25, -0.2) is 4.98 Å². The Labute approximate surface area is 86.9 Å². The number of fused-ring (bicyclic) bond motifs is 1. The molecule has 0 aliphatic carbocycles. The molecule has 0 bridgehead atoms. The average Bonchev–Trinajstić information content (AvgIpc) is 2.20. The molecule has 0 spiro atoms. The van der Waals surface area contributed by atoms with Crippen LogP contribution in [0.5, 0.6) is 5.75 Å². The summed E-state index contributed by atoms with van der Waals surface area (Å²) in [4.78, 5) is 9.73. The highest BCUT2D eigenvalue weighted by Crippen LogP contribution is 2.30. The number of halogens is 1. The molecule has 2 rings (SSSR count). The van der Waals surface area contributed by atoms with Crippen molar-refractivity contribution in [2.24, 2.45) is 0 Å². The second-order valence-corrected chi connectivity index (χ2v) is 3.27. The summed E-state index contributed by atoms with van der Waals surface area (Å²) >= 11 is 5.68. The summed E-state index contributed by atoms with van der Waals surface area (Å²) in [6, 6.07) is -0.103. The normalized spacial score (nSPS) is 19.5. The van der Waals surface area contributed by atoms with Gasteiger partial charge < -0.3 is 9.64 Å². The highest BCUT2D eigenvalue weighted by molar-refractivity contribution is 6.28. The number of anilines is 1. The van der Waals surface area contributed by atoms with Crippen LogP contribution in [0.3, 0.4) is 0 Å². The van der Waals surface area contributed by atoms with Crippen molar-refractivity contribution in [2.75, 3.05) is 18.6 Å². The van der Waals surface area contributed by atoms with E-state index in [-0.39, 0.29) is 11.3 Å². The highest BCUT2D eigenvalue weighted by atomic mass is 35.5. The molecule has 0 N–H and O–H groups in total. The van der Waals surface area contributed by atoms with Crippen molar-refractivity contribution in [1.29, 1.82) is 0 Å². The summed E-state index contributed by atoms with van der Waals surface area (Å²) in [5, 5.41) is 0.192. The van der Waals surface area contributed by atoms with E-state index in [1.54, 1.807) is 6.20 Å². The van der Waals surface area contributed by atoms with Crippen molar-refractivity contribution < 1.29 is 4.74 Å². The zero-order valence-electron chi connectivity index (χ0n) is 7.57. The number of likely N-dealkylation sites (N-methyl/N-ethyl adjacent to an activating group) is 1. The minimum atomic E-state index is -0.103. The van der Waals surface area contributed by atoms with Gasteiger partial charge in [0.25, 0.3) is 0 Å². The van der Waals surface area contributed by atoms with E-state index in [1.807, 2.05) is 11.9 Å². The van der Waals surface area contributed by atoms with Crippen LogP contribution in [0.15, 0.2) is 6.20 Å². The summed E-state index contributed by atoms with van der Waals surface area (Å²) in [5.41, 5.74) is 0. The average molecular weight is 210 g/mol. The van der Waals surface area contributed by atoms with Crippen molar-refractivity contribution in [3.05, 3.63) is 11.5 Å². The zero-order valence-corrected chi connectivity index (χ0v) is 8.32. The van der Waals surface area contributed by atoms with Crippen LogP contribution >= 0.6 is 11.6 Å². The Morgan fingerprint density at radius 2 is 2.57 bits per heavy atom. The number of rotatable bonds is 0. The molecule has 0 aromatic carbocycles. The molecule has 1 unspecified atom stereocenters. The Hall–Kier alpha value is -1.47. The standard InChI is InChI=1S/C9H8ClN3O/c1-3-6-5-14-7-4-11-9(10)12-8(7)13(6)2/h1,4,6H,5H2,2H3. The van der Waals surface area contributed by atoms with Crippen LogP contribution in [-0.2, 0) is 0 Å². The van der Waals surface area contributed by atoms with Crippen molar-refractivity contribution in [3.8, 4) is 18.1 Å². The smallest absolute Gasteiger partial charge is 0.224 e. The van der Waals surface area contributed by atoms with E-state index in [0.29, 0.717) is 18.2 Å². The number of hydrogen-bond donors (Lipinski definition) is 0. The Morgan fingerprint density at radius 3 is 3.29 bits per heavy atom. The summed E-state index contributed by atoms with van der Waals surface area (Å²) in [5.74, 6) is 3.86. The molecule has 0 fully saturated rings. The van der Waals surface area contributed by atoms with Crippen LogP contribution in [0.1, 0.15) is 0 Å². The third kappa shape index (κ3) is 1.36. The van der Waals surface area contributed by atoms with Crippen LogP contribution in [0.25, 0.3) is 0 Å². The van der Waals surface area contributed by atoms with E-state index in [2.05, 4.69) is 15.9 Å². The van der Waals surface area contributed by atoms with Gasteiger partial charge in [0.2, 0.25) is 5.28 Å². The molecule has 1 aromatic heterocycles. The topological polar surface area (TPSA) is 38.3 Å². The molecule has 1 aliphatic rings. The molecule has 0 saturated heterocycles. The molecule has 0 amide bonds. The van der Waals surface area contributed by atoms with E-state index in [9.17, 15) is 0 Å².